The number of hydrogen-bond donors (Lipinski definition) is 9. The Morgan fingerprint density at radius 1 is 0.927 bits per heavy atom. The zero-order valence-corrected chi connectivity index (χ0v) is 21.1. The summed E-state index contributed by atoms with van der Waals surface area (Å²) in [7, 11) is 0. The van der Waals surface area contributed by atoms with Crippen LogP contribution in [0.1, 0.15) is 0 Å². The van der Waals surface area contributed by atoms with E-state index in [2.05, 4.69) is 0 Å². The van der Waals surface area contributed by atoms with Crippen molar-refractivity contribution in [3.63, 3.8) is 0 Å². The number of phenolic OH excluding ortho intramolecular Hbond substituents is 3. The van der Waals surface area contributed by atoms with E-state index in [1.165, 1.54) is 18.2 Å². The molecule has 0 spiro atoms. The van der Waals surface area contributed by atoms with Crippen molar-refractivity contribution in [3.05, 3.63) is 46.6 Å². The number of aliphatic hydroxyl groups excluding tert-OH is 5. The number of hydrogen-bond acceptors (Lipinski definition) is 15. The van der Waals surface area contributed by atoms with Gasteiger partial charge in [-0.2, -0.15) is 0 Å². The molecule has 0 amide bonds. The van der Waals surface area contributed by atoms with E-state index < -0.39 is 85.4 Å². The van der Waals surface area contributed by atoms with Gasteiger partial charge in [-0.25, -0.2) is 0 Å². The molecule has 3 heterocycles. The Morgan fingerprint density at radius 2 is 1.68 bits per heavy atom. The Balaban J connectivity index is 1.48. The van der Waals surface area contributed by atoms with Crippen molar-refractivity contribution in [2.24, 2.45) is 0 Å². The van der Waals surface area contributed by atoms with Crippen LogP contribution in [0.3, 0.4) is 0 Å². The molecule has 0 saturated carbocycles. The van der Waals surface area contributed by atoms with Crippen LogP contribution in [0.15, 0.2) is 45.6 Å². The van der Waals surface area contributed by atoms with Gasteiger partial charge in [0.1, 0.15) is 58.2 Å². The number of benzene rings is 2. The lowest BCUT2D eigenvalue weighted by Crippen LogP contribution is -2.62. The summed E-state index contributed by atoms with van der Waals surface area (Å²) < 4.78 is 27.9. The van der Waals surface area contributed by atoms with E-state index in [0.29, 0.717) is 0 Å². The molecule has 9 N–H and O–H groups in total. The van der Waals surface area contributed by atoms with Gasteiger partial charge in [-0.05, 0) is 18.2 Å². The van der Waals surface area contributed by atoms with Crippen LogP contribution in [-0.4, -0.2) is 114 Å². The summed E-state index contributed by atoms with van der Waals surface area (Å²) in [5, 5.41) is 90.5. The lowest BCUT2D eigenvalue weighted by Gasteiger charge is -2.42. The minimum atomic E-state index is -2.05. The predicted molar refractivity (Wildman–Crippen MR) is 134 cm³/mol. The minimum Gasteiger partial charge on any atom is -0.507 e. The van der Waals surface area contributed by atoms with Gasteiger partial charge in [0.05, 0.1) is 19.8 Å². The van der Waals surface area contributed by atoms with Crippen molar-refractivity contribution in [3.8, 4) is 34.3 Å². The Labute approximate surface area is 230 Å². The van der Waals surface area contributed by atoms with Gasteiger partial charge in [-0.3, -0.25) is 4.79 Å². The first-order valence-corrected chi connectivity index (χ1v) is 12.4. The molecular formula is C26H28O15. The van der Waals surface area contributed by atoms with Crippen LogP contribution in [0.2, 0.25) is 0 Å². The molecule has 0 radical (unpaired) electrons. The number of phenols is 3. The molecule has 41 heavy (non-hydrogen) atoms. The summed E-state index contributed by atoms with van der Waals surface area (Å²) >= 11 is 0. The monoisotopic (exact) mass is 580 g/mol. The molecule has 2 fully saturated rings. The second-order valence-corrected chi connectivity index (χ2v) is 9.81. The van der Waals surface area contributed by atoms with E-state index in [4.69, 9.17) is 23.4 Å². The SMILES string of the molecule is O=c1cc(-c2ccc(O)c(O)c2)oc2cc(O[C@@H]3OC(CO)[C@@H](O)[C@H](O)C3O[C@@H]3OC[C@@](O)(CO)C3O)cc(O)c12. The number of aromatic hydroxyl groups is 3. The molecule has 3 unspecified atom stereocenters. The molecule has 0 aliphatic carbocycles. The van der Waals surface area contributed by atoms with Gasteiger partial charge in [0.25, 0.3) is 0 Å². The summed E-state index contributed by atoms with van der Waals surface area (Å²) in [5.41, 5.74) is -2.63. The zero-order chi connectivity index (χ0) is 29.6. The summed E-state index contributed by atoms with van der Waals surface area (Å²) in [6.07, 6.45) is -11.4. The Bertz CT molecular complexity index is 1470. The molecule has 2 aromatic carbocycles. The molecule has 5 rings (SSSR count). The van der Waals surface area contributed by atoms with Crippen LogP contribution >= 0.6 is 0 Å². The maximum absolute atomic E-state index is 12.8. The van der Waals surface area contributed by atoms with Gasteiger partial charge in [-0.1, -0.05) is 0 Å². The standard InChI is InChI=1S/C26H28O15/c27-7-18-20(33)21(34)22(41-25-23(35)26(36,8-28)9-37-25)24(40-18)38-11-4-14(31)19-15(32)6-16(39-17(19)5-11)10-1-2-12(29)13(30)3-10/h1-6,18,20-25,27-31,33-36H,7-9H2/t18?,20-,21+,22?,23?,24-,25+,26+/m1/s1. The van der Waals surface area contributed by atoms with Gasteiger partial charge in [0.2, 0.25) is 6.29 Å². The lowest BCUT2D eigenvalue weighted by molar-refractivity contribution is -0.318. The van der Waals surface area contributed by atoms with E-state index in [0.717, 1.165) is 18.2 Å². The summed E-state index contributed by atoms with van der Waals surface area (Å²) in [5.74, 6) is -1.60. The van der Waals surface area contributed by atoms with Crippen molar-refractivity contribution < 1.29 is 69.3 Å². The first-order chi connectivity index (χ1) is 19.4. The Kier molecular flexibility index (Phi) is 7.82. The smallest absolute Gasteiger partial charge is 0.229 e. The number of ether oxygens (including phenoxy) is 4. The minimum absolute atomic E-state index is 0.0212. The van der Waals surface area contributed by atoms with Crippen LogP contribution in [-0.2, 0) is 14.2 Å². The second-order valence-electron chi connectivity index (χ2n) is 9.81. The molecule has 1 aromatic heterocycles. The zero-order valence-electron chi connectivity index (χ0n) is 21.1. The van der Waals surface area contributed by atoms with Crippen LogP contribution in [0, 0.1) is 0 Å². The molecule has 222 valence electrons. The molecule has 2 aliphatic rings. The second kappa shape index (κ2) is 11.1. The molecular weight excluding hydrogens is 552 g/mol. The number of fused-ring (bicyclic) bond motifs is 1. The molecule has 15 nitrogen and oxygen atoms in total. The highest BCUT2D eigenvalue weighted by atomic mass is 16.8. The van der Waals surface area contributed by atoms with Crippen LogP contribution in [0.5, 0.6) is 23.0 Å². The summed E-state index contributed by atoms with van der Waals surface area (Å²) in [6, 6.07) is 7.06. The molecule has 2 saturated heterocycles. The van der Waals surface area contributed by atoms with Crippen molar-refractivity contribution in [1.82, 2.24) is 0 Å². The topological polar surface area (TPSA) is 249 Å². The van der Waals surface area contributed by atoms with Crippen molar-refractivity contribution >= 4 is 11.0 Å². The fraction of sp³-hybridized carbons (Fsp3) is 0.423. The largest absolute Gasteiger partial charge is 0.507 e. The van der Waals surface area contributed by atoms with E-state index >= 15 is 0 Å². The van der Waals surface area contributed by atoms with Crippen molar-refractivity contribution in [1.29, 1.82) is 0 Å². The third-order valence-electron chi connectivity index (χ3n) is 6.99. The Hall–Kier alpha value is -3.51. The van der Waals surface area contributed by atoms with E-state index in [9.17, 15) is 50.8 Å². The highest BCUT2D eigenvalue weighted by Gasteiger charge is 2.53. The number of rotatable bonds is 7. The van der Waals surface area contributed by atoms with Gasteiger partial charge < -0.3 is 69.3 Å². The molecule has 2 aliphatic heterocycles. The summed E-state index contributed by atoms with van der Waals surface area (Å²) in [6.45, 7) is -2.11. The van der Waals surface area contributed by atoms with Crippen LogP contribution in [0.4, 0.5) is 0 Å². The van der Waals surface area contributed by atoms with Gasteiger partial charge in [-0.15, -0.1) is 0 Å². The summed E-state index contributed by atoms with van der Waals surface area (Å²) in [4.78, 5) is 12.8. The first-order valence-electron chi connectivity index (χ1n) is 12.4. The average Bonchev–Trinajstić information content (AvgIpc) is 3.22. The van der Waals surface area contributed by atoms with Crippen LogP contribution < -0.4 is 10.2 Å². The fourth-order valence-corrected chi connectivity index (χ4v) is 4.62. The van der Waals surface area contributed by atoms with E-state index in [1.54, 1.807) is 0 Å². The van der Waals surface area contributed by atoms with E-state index in [1.807, 2.05) is 0 Å². The molecule has 3 aromatic rings. The van der Waals surface area contributed by atoms with Gasteiger partial charge in [0.15, 0.2) is 29.3 Å². The maximum Gasteiger partial charge on any atom is 0.229 e. The lowest BCUT2D eigenvalue weighted by atomic mass is 9.98. The third kappa shape index (κ3) is 5.30. The predicted octanol–water partition coefficient (Wildman–Crippen LogP) is -1.78. The average molecular weight is 580 g/mol. The number of aliphatic hydroxyl groups is 6. The van der Waals surface area contributed by atoms with Gasteiger partial charge in [0, 0.05) is 23.8 Å². The fourth-order valence-electron chi connectivity index (χ4n) is 4.62. The highest BCUT2D eigenvalue weighted by Crippen LogP contribution is 2.36. The maximum atomic E-state index is 12.8. The van der Waals surface area contributed by atoms with Crippen LogP contribution in [0.25, 0.3) is 22.3 Å². The first kappa shape index (κ1) is 29.0. The van der Waals surface area contributed by atoms with Crippen molar-refractivity contribution in [2.75, 3.05) is 19.8 Å². The quantitative estimate of drug-likeness (QED) is 0.140. The molecule has 8 atom stereocenters. The third-order valence-corrected chi connectivity index (χ3v) is 6.99. The Morgan fingerprint density at radius 3 is 2.34 bits per heavy atom. The normalized spacial score (nSPS) is 31.9. The highest BCUT2D eigenvalue weighted by molar-refractivity contribution is 5.86. The van der Waals surface area contributed by atoms with Crippen molar-refractivity contribution in [2.45, 2.75) is 48.7 Å². The molecule has 15 heteroatoms. The van der Waals surface area contributed by atoms with E-state index in [-0.39, 0.29) is 33.8 Å². The van der Waals surface area contributed by atoms with Gasteiger partial charge >= 0.3 is 0 Å². The molecule has 0 bridgehead atoms.